The van der Waals surface area contributed by atoms with E-state index in [9.17, 15) is 22.4 Å². The number of sulfonamides is 1. The Kier molecular flexibility index (Phi) is 9.37. The Labute approximate surface area is 207 Å². The van der Waals surface area contributed by atoms with Crippen LogP contribution in [0.2, 0.25) is 15.1 Å². The van der Waals surface area contributed by atoms with Crippen LogP contribution in [0.15, 0.2) is 36.4 Å². The molecule has 12 heteroatoms. The molecule has 0 aliphatic rings. The smallest absolute Gasteiger partial charge is 0.244 e. The van der Waals surface area contributed by atoms with Crippen molar-refractivity contribution in [3.05, 3.63) is 62.8 Å². The van der Waals surface area contributed by atoms with Gasteiger partial charge < -0.3 is 10.2 Å². The standard InChI is InChI=1S/C21H23Cl3FN3O4S/c1-4-19(21(30)26-2)27(11-13-5-6-14(22)9-16(13)23)20(29)12-28(33(3,31)32)15-7-8-18(25)17(24)10-15/h5-10,19H,4,11-12H2,1-3H3,(H,26,30)/t19-/m1/s1. The van der Waals surface area contributed by atoms with E-state index in [1.807, 2.05) is 0 Å². The van der Waals surface area contributed by atoms with Crippen molar-refractivity contribution in [3.63, 3.8) is 0 Å². The molecule has 0 fully saturated rings. The number of hydrogen-bond acceptors (Lipinski definition) is 4. The van der Waals surface area contributed by atoms with Gasteiger partial charge in [0.15, 0.2) is 0 Å². The molecular formula is C21H23Cl3FN3O4S. The molecule has 2 rings (SSSR count). The van der Waals surface area contributed by atoms with Gasteiger partial charge in [0.05, 0.1) is 17.0 Å². The van der Waals surface area contributed by atoms with Crippen LogP contribution in [-0.2, 0) is 26.2 Å². The molecule has 0 spiro atoms. The molecule has 0 aliphatic heterocycles. The lowest BCUT2D eigenvalue weighted by Crippen LogP contribution is -2.51. The van der Waals surface area contributed by atoms with Crippen molar-refractivity contribution in [2.45, 2.75) is 25.9 Å². The van der Waals surface area contributed by atoms with Gasteiger partial charge in [-0.25, -0.2) is 12.8 Å². The average molecular weight is 539 g/mol. The summed E-state index contributed by atoms with van der Waals surface area (Å²) in [6.45, 7) is 1.01. The highest BCUT2D eigenvalue weighted by Gasteiger charge is 2.31. The van der Waals surface area contributed by atoms with E-state index in [2.05, 4.69) is 5.32 Å². The number of amides is 2. The minimum atomic E-state index is -3.96. The summed E-state index contributed by atoms with van der Waals surface area (Å²) in [6, 6.07) is 7.14. The quantitative estimate of drug-likeness (QED) is 0.521. The molecule has 1 N–H and O–H groups in total. The number of nitrogens with one attached hydrogen (secondary N) is 1. The number of carbonyl (C=O) groups excluding carboxylic acids is 2. The third-order valence-corrected chi connectivity index (χ3v) is 6.88. The summed E-state index contributed by atoms with van der Waals surface area (Å²) in [5, 5.41) is 2.90. The van der Waals surface area contributed by atoms with Crippen molar-refractivity contribution in [3.8, 4) is 0 Å². The van der Waals surface area contributed by atoms with Crippen molar-refractivity contribution in [2.24, 2.45) is 0 Å². The molecule has 180 valence electrons. The average Bonchev–Trinajstić information content (AvgIpc) is 2.74. The van der Waals surface area contributed by atoms with Crippen LogP contribution >= 0.6 is 34.8 Å². The molecule has 0 saturated carbocycles. The van der Waals surface area contributed by atoms with Crippen molar-refractivity contribution < 1.29 is 22.4 Å². The number of nitrogens with zero attached hydrogens (tertiary/aromatic N) is 2. The molecule has 7 nitrogen and oxygen atoms in total. The minimum Gasteiger partial charge on any atom is -0.357 e. The van der Waals surface area contributed by atoms with Crippen LogP contribution in [0.1, 0.15) is 18.9 Å². The number of carbonyl (C=O) groups is 2. The molecule has 0 radical (unpaired) electrons. The second kappa shape index (κ2) is 11.4. The van der Waals surface area contributed by atoms with Gasteiger partial charge in [-0.1, -0.05) is 47.8 Å². The Morgan fingerprint density at radius 3 is 2.27 bits per heavy atom. The number of benzene rings is 2. The first-order valence-corrected chi connectivity index (χ1v) is 12.7. The highest BCUT2D eigenvalue weighted by molar-refractivity contribution is 7.92. The van der Waals surface area contributed by atoms with Crippen LogP contribution in [-0.4, -0.2) is 51.0 Å². The third kappa shape index (κ3) is 6.96. The maximum Gasteiger partial charge on any atom is 0.244 e. The zero-order chi connectivity index (χ0) is 24.9. The van der Waals surface area contributed by atoms with Crippen molar-refractivity contribution in [1.82, 2.24) is 10.2 Å². The molecule has 0 saturated heterocycles. The van der Waals surface area contributed by atoms with Crippen LogP contribution in [0, 0.1) is 5.82 Å². The van der Waals surface area contributed by atoms with E-state index in [-0.39, 0.29) is 28.7 Å². The summed E-state index contributed by atoms with van der Waals surface area (Å²) in [6.07, 6.45) is 1.17. The van der Waals surface area contributed by atoms with Crippen LogP contribution in [0.5, 0.6) is 0 Å². The summed E-state index contributed by atoms with van der Waals surface area (Å²) >= 11 is 18.0. The topological polar surface area (TPSA) is 86.8 Å². The van der Waals surface area contributed by atoms with Crippen molar-refractivity contribution in [1.29, 1.82) is 0 Å². The largest absolute Gasteiger partial charge is 0.357 e. The summed E-state index contributed by atoms with van der Waals surface area (Å²) in [5.41, 5.74) is 0.530. The highest BCUT2D eigenvalue weighted by atomic mass is 35.5. The number of rotatable bonds is 9. The molecule has 2 amide bonds. The van der Waals surface area contributed by atoms with Crippen LogP contribution in [0.4, 0.5) is 10.1 Å². The molecule has 0 aromatic heterocycles. The Hall–Kier alpha value is -2.07. The van der Waals surface area contributed by atoms with Gasteiger partial charge in [-0.05, 0) is 42.3 Å². The van der Waals surface area contributed by atoms with Gasteiger partial charge in [0.25, 0.3) is 0 Å². The summed E-state index contributed by atoms with van der Waals surface area (Å²) in [5.74, 6) is -1.82. The van der Waals surface area contributed by atoms with E-state index in [1.165, 1.54) is 24.1 Å². The van der Waals surface area contributed by atoms with Crippen LogP contribution in [0.3, 0.4) is 0 Å². The van der Waals surface area contributed by atoms with Gasteiger partial charge in [0.1, 0.15) is 18.4 Å². The second-order valence-corrected chi connectivity index (χ2v) is 10.3. The molecule has 0 bridgehead atoms. The molecular weight excluding hydrogens is 516 g/mol. The molecule has 0 unspecified atom stereocenters. The van der Waals surface area contributed by atoms with Crippen LogP contribution in [0.25, 0.3) is 0 Å². The van der Waals surface area contributed by atoms with E-state index in [1.54, 1.807) is 19.1 Å². The van der Waals surface area contributed by atoms with Crippen molar-refractivity contribution in [2.75, 3.05) is 24.2 Å². The maximum absolute atomic E-state index is 13.6. The molecule has 33 heavy (non-hydrogen) atoms. The fourth-order valence-corrected chi connectivity index (χ4v) is 4.66. The fraction of sp³-hybridized carbons (Fsp3) is 0.333. The Morgan fingerprint density at radius 1 is 1.09 bits per heavy atom. The number of anilines is 1. The Balaban J connectivity index is 2.48. The van der Waals surface area contributed by atoms with Crippen LogP contribution < -0.4 is 9.62 Å². The molecule has 0 heterocycles. The normalized spacial score (nSPS) is 12.2. The number of hydrogen-bond donors (Lipinski definition) is 1. The zero-order valence-corrected chi connectivity index (χ0v) is 21.2. The number of halogens is 4. The first-order valence-electron chi connectivity index (χ1n) is 9.76. The molecule has 0 aliphatic carbocycles. The van der Waals surface area contributed by atoms with Gasteiger partial charge in [-0.3, -0.25) is 13.9 Å². The van der Waals surface area contributed by atoms with Gasteiger partial charge in [0.2, 0.25) is 21.8 Å². The zero-order valence-electron chi connectivity index (χ0n) is 18.1. The fourth-order valence-electron chi connectivity index (χ4n) is 3.17. The first kappa shape index (κ1) is 27.2. The number of likely N-dealkylation sites (N-methyl/N-ethyl adjacent to an activating group) is 1. The lowest BCUT2D eigenvalue weighted by atomic mass is 10.1. The van der Waals surface area contributed by atoms with E-state index >= 15 is 0 Å². The van der Waals surface area contributed by atoms with Gasteiger partial charge in [-0.2, -0.15) is 0 Å². The lowest BCUT2D eigenvalue weighted by Gasteiger charge is -2.32. The minimum absolute atomic E-state index is 0.00900. The van der Waals surface area contributed by atoms with Gasteiger partial charge >= 0.3 is 0 Å². The van der Waals surface area contributed by atoms with Crippen molar-refractivity contribution >= 4 is 62.3 Å². The highest BCUT2D eigenvalue weighted by Crippen LogP contribution is 2.26. The monoisotopic (exact) mass is 537 g/mol. The molecule has 1 atom stereocenters. The van der Waals surface area contributed by atoms with E-state index in [0.717, 1.165) is 22.7 Å². The predicted molar refractivity (Wildman–Crippen MR) is 129 cm³/mol. The molecule has 2 aromatic rings. The lowest BCUT2D eigenvalue weighted by molar-refractivity contribution is -0.140. The predicted octanol–water partition coefficient (Wildman–Crippen LogP) is 4.11. The Bertz CT molecular complexity index is 1150. The van der Waals surface area contributed by atoms with E-state index < -0.39 is 40.2 Å². The van der Waals surface area contributed by atoms with Gasteiger partial charge in [-0.15, -0.1) is 0 Å². The first-order chi connectivity index (χ1) is 15.4. The Morgan fingerprint density at radius 2 is 1.76 bits per heavy atom. The van der Waals surface area contributed by atoms with E-state index in [4.69, 9.17) is 34.8 Å². The second-order valence-electron chi connectivity index (χ2n) is 7.16. The summed E-state index contributed by atoms with van der Waals surface area (Å²) in [4.78, 5) is 27.1. The van der Waals surface area contributed by atoms with Gasteiger partial charge in [0, 0.05) is 23.6 Å². The SMILES string of the molecule is CC[C@H](C(=O)NC)N(Cc1ccc(Cl)cc1Cl)C(=O)CN(c1ccc(F)c(Cl)c1)S(C)(=O)=O. The summed E-state index contributed by atoms with van der Waals surface area (Å²) < 4.78 is 39.3. The van der Waals surface area contributed by atoms with E-state index in [0.29, 0.717) is 10.6 Å². The maximum atomic E-state index is 13.6. The summed E-state index contributed by atoms with van der Waals surface area (Å²) in [7, 11) is -2.52. The molecule has 2 aromatic carbocycles. The third-order valence-electron chi connectivity index (χ3n) is 4.86.